The molecule has 0 atom stereocenters. The number of hydrogen-bond acceptors (Lipinski definition) is 3. The van der Waals surface area contributed by atoms with Gasteiger partial charge in [-0.3, -0.25) is 4.79 Å². The smallest absolute Gasteiger partial charge is 0.222 e. The normalized spacial score (nSPS) is 10.7. The molecule has 0 aliphatic carbocycles. The zero-order valence-corrected chi connectivity index (χ0v) is 13.0. The SMILES string of the molecule is COc1c(C(=O)c2cc(C)c(Cl)c(C)c2C)cnn1C. The van der Waals surface area contributed by atoms with Gasteiger partial charge in [0.15, 0.2) is 5.78 Å². The Balaban J connectivity index is 2.60. The quantitative estimate of drug-likeness (QED) is 0.816. The van der Waals surface area contributed by atoms with E-state index in [9.17, 15) is 4.79 Å². The van der Waals surface area contributed by atoms with Crippen molar-refractivity contribution in [2.75, 3.05) is 7.11 Å². The molecule has 106 valence electrons. The van der Waals surface area contributed by atoms with Crippen LogP contribution in [0.15, 0.2) is 12.3 Å². The van der Waals surface area contributed by atoms with Crippen LogP contribution in [0.25, 0.3) is 0 Å². The second-order valence-corrected chi connectivity index (χ2v) is 5.20. The number of benzene rings is 1. The second-order valence-electron chi connectivity index (χ2n) is 4.83. The lowest BCUT2D eigenvalue weighted by Crippen LogP contribution is -2.07. The summed E-state index contributed by atoms with van der Waals surface area (Å²) in [5, 5.41) is 4.78. The third-order valence-corrected chi connectivity index (χ3v) is 4.15. The van der Waals surface area contributed by atoms with Crippen LogP contribution in [0.3, 0.4) is 0 Å². The molecule has 20 heavy (non-hydrogen) atoms. The number of methoxy groups -OCH3 is 1. The molecule has 5 heteroatoms. The molecule has 1 heterocycles. The van der Waals surface area contributed by atoms with E-state index in [0.29, 0.717) is 22.0 Å². The van der Waals surface area contributed by atoms with Crippen LogP contribution >= 0.6 is 11.6 Å². The van der Waals surface area contributed by atoms with E-state index >= 15 is 0 Å². The minimum Gasteiger partial charge on any atom is -0.481 e. The molecule has 0 bridgehead atoms. The van der Waals surface area contributed by atoms with Crippen LogP contribution in [-0.4, -0.2) is 22.7 Å². The first kappa shape index (κ1) is 14.6. The molecule has 0 unspecified atom stereocenters. The predicted octanol–water partition coefficient (Wildman–Crippen LogP) is 3.24. The van der Waals surface area contributed by atoms with Crippen molar-refractivity contribution in [2.45, 2.75) is 20.8 Å². The summed E-state index contributed by atoms with van der Waals surface area (Å²) in [6.45, 7) is 5.71. The van der Waals surface area contributed by atoms with Gasteiger partial charge in [-0.2, -0.15) is 5.10 Å². The highest BCUT2D eigenvalue weighted by Crippen LogP contribution is 2.29. The fourth-order valence-electron chi connectivity index (χ4n) is 2.26. The number of nitrogens with zero attached hydrogens (tertiary/aromatic N) is 2. The fourth-order valence-corrected chi connectivity index (χ4v) is 2.45. The average molecular weight is 293 g/mol. The lowest BCUT2D eigenvalue weighted by atomic mass is 9.95. The van der Waals surface area contributed by atoms with E-state index in [2.05, 4.69) is 5.10 Å². The number of halogens is 1. The van der Waals surface area contributed by atoms with Crippen molar-refractivity contribution in [2.24, 2.45) is 7.05 Å². The molecule has 1 aromatic heterocycles. The van der Waals surface area contributed by atoms with E-state index in [-0.39, 0.29) is 5.78 Å². The molecule has 0 N–H and O–H groups in total. The topological polar surface area (TPSA) is 44.1 Å². The van der Waals surface area contributed by atoms with Gasteiger partial charge in [0.1, 0.15) is 5.56 Å². The summed E-state index contributed by atoms with van der Waals surface area (Å²) in [7, 11) is 3.26. The lowest BCUT2D eigenvalue weighted by Gasteiger charge is -2.12. The Bertz CT molecular complexity index is 690. The molecule has 2 aromatic rings. The van der Waals surface area contributed by atoms with Crippen LogP contribution in [-0.2, 0) is 7.05 Å². The van der Waals surface area contributed by atoms with Crippen LogP contribution in [0.5, 0.6) is 5.88 Å². The minimum atomic E-state index is -0.102. The summed E-state index contributed by atoms with van der Waals surface area (Å²) in [6, 6.07) is 1.82. The molecule has 4 nitrogen and oxygen atoms in total. The Kier molecular flexibility index (Phi) is 3.86. The number of aryl methyl sites for hydroxylation is 2. The van der Waals surface area contributed by atoms with Crippen molar-refractivity contribution in [3.05, 3.63) is 45.1 Å². The van der Waals surface area contributed by atoms with Gasteiger partial charge in [0.2, 0.25) is 5.88 Å². The average Bonchev–Trinajstić information content (AvgIpc) is 2.80. The Morgan fingerprint density at radius 3 is 2.50 bits per heavy atom. The Hall–Kier alpha value is -1.81. The molecule has 0 aliphatic rings. The number of hydrogen-bond donors (Lipinski definition) is 0. The summed E-state index contributed by atoms with van der Waals surface area (Å²) < 4.78 is 6.78. The molecule has 0 spiro atoms. The summed E-state index contributed by atoms with van der Waals surface area (Å²) in [4.78, 5) is 12.7. The van der Waals surface area contributed by atoms with Gasteiger partial charge < -0.3 is 4.74 Å². The Labute approximate surface area is 123 Å². The van der Waals surface area contributed by atoms with Crippen molar-refractivity contribution in [3.63, 3.8) is 0 Å². The van der Waals surface area contributed by atoms with E-state index < -0.39 is 0 Å². The fraction of sp³-hybridized carbons (Fsp3) is 0.333. The van der Waals surface area contributed by atoms with E-state index in [0.717, 1.165) is 16.7 Å². The van der Waals surface area contributed by atoms with Crippen LogP contribution < -0.4 is 4.74 Å². The number of ketones is 1. The first-order chi connectivity index (χ1) is 9.38. The summed E-state index contributed by atoms with van der Waals surface area (Å²) in [5.41, 5.74) is 3.80. The van der Waals surface area contributed by atoms with Gasteiger partial charge in [-0.25, -0.2) is 4.68 Å². The molecule has 1 aromatic carbocycles. The van der Waals surface area contributed by atoms with Crippen molar-refractivity contribution in [1.82, 2.24) is 9.78 Å². The van der Waals surface area contributed by atoms with Crippen molar-refractivity contribution < 1.29 is 9.53 Å². The lowest BCUT2D eigenvalue weighted by molar-refractivity contribution is 0.103. The molecule has 0 amide bonds. The molecule has 0 fully saturated rings. The summed E-state index contributed by atoms with van der Waals surface area (Å²) in [6.07, 6.45) is 1.53. The zero-order valence-electron chi connectivity index (χ0n) is 12.2. The monoisotopic (exact) mass is 292 g/mol. The maximum atomic E-state index is 12.7. The van der Waals surface area contributed by atoms with Crippen LogP contribution in [0.4, 0.5) is 0 Å². The highest BCUT2D eigenvalue weighted by atomic mass is 35.5. The maximum absolute atomic E-state index is 12.7. The van der Waals surface area contributed by atoms with Crippen molar-refractivity contribution in [3.8, 4) is 5.88 Å². The van der Waals surface area contributed by atoms with Gasteiger partial charge in [-0.15, -0.1) is 0 Å². The third kappa shape index (κ3) is 2.20. The number of carbonyl (C=O) groups excluding carboxylic acids is 1. The van der Waals surface area contributed by atoms with Crippen molar-refractivity contribution >= 4 is 17.4 Å². The Morgan fingerprint density at radius 1 is 1.25 bits per heavy atom. The predicted molar refractivity (Wildman–Crippen MR) is 78.9 cm³/mol. The van der Waals surface area contributed by atoms with Gasteiger partial charge in [-0.1, -0.05) is 11.6 Å². The van der Waals surface area contributed by atoms with Crippen LogP contribution in [0, 0.1) is 20.8 Å². The van der Waals surface area contributed by atoms with Gasteiger partial charge in [0.05, 0.1) is 13.3 Å². The van der Waals surface area contributed by atoms with Gasteiger partial charge >= 0.3 is 0 Å². The van der Waals surface area contributed by atoms with Gasteiger partial charge in [0.25, 0.3) is 0 Å². The van der Waals surface area contributed by atoms with E-state index in [1.54, 1.807) is 7.05 Å². The molecule has 2 rings (SSSR count). The number of ether oxygens (including phenoxy) is 1. The van der Waals surface area contributed by atoms with Crippen molar-refractivity contribution in [1.29, 1.82) is 0 Å². The zero-order chi connectivity index (χ0) is 15.0. The summed E-state index contributed by atoms with van der Waals surface area (Å²) in [5.74, 6) is 0.356. The first-order valence-electron chi connectivity index (χ1n) is 6.25. The second kappa shape index (κ2) is 5.29. The molecule has 0 radical (unpaired) electrons. The number of rotatable bonds is 3. The molecule has 0 saturated carbocycles. The van der Waals surface area contributed by atoms with Crippen LogP contribution in [0.1, 0.15) is 32.6 Å². The summed E-state index contributed by atoms with van der Waals surface area (Å²) >= 11 is 6.22. The van der Waals surface area contributed by atoms with Gasteiger partial charge in [0, 0.05) is 17.6 Å². The largest absolute Gasteiger partial charge is 0.481 e. The van der Waals surface area contributed by atoms with E-state index in [4.69, 9.17) is 16.3 Å². The Morgan fingerprint density at radius 2 is 1.90 bits per heavy atom. The highest BCUT2D eigenvalue weighted by molar-refractivity contribution is 6.32. The molecule has 0 saturated heterocycles. The van der Waals surface area contributed by atoms with E-state index in [1.807, 2.05) is 26.8 Å². The maximum Gasteiger partial charge on any atom is 0.222 e. The number of carbonyl (C=O) groups is 1. The highest BCUT2D eigenvalue weighted by Gasteiger charge is 2.22. The molecule has 0 aliphatic heterocycles. The first-order valence-corrected chi connectivity index (χ1v) is 6.63. The van der Waals surface area contributed by atoms with E-state index in [1.165, 1.54) is 18.0 Å². The minimum absolute atomic E-state index is 0.102. The van der Waals surface area contributed by atoms with Gasteiger partial charge in [-0.05, 0) is 43.5 Å². The third-order valence-electron chi connectivity index (χ3n) is 3.57. The number of aromatic nitrogens is 2. The van der Waals surface area contributed by atoms with Crippen LogP contribution in [0.2, 0.25) is 5.02 Å². The molecular formula is C15H17ClN2O2. The standard InChI is InChI=1S/C15H17ClN2O2/c1-8-6-11(9(2)10(3)13(8)16)14(19)12-7-17-18(4)15(12)20-5/h6-7H,1-5H3. The molecular weight excluding hydrogens is 276 g/mol.